The van der Waals surface area contributed by atoms with Gasteiger partial charge in [0.2, 0.25) is 0 Å². The Balaban J connectivity index is 2.32. The highest BCUT2D eigenvalue weighted by Crippen LogP contribution is 2.41. The molecule has 1 atom stereocenters. The Morgan fingerprint density at radius 1 is 1.50 bits per heavy atom. The number of carbonyl (C=O) groups excluding carboxylic acids is 2. The number of Topliss-reactive ketones (excluding diaryl/α,β-unsaturated/α-hetero) is 1. The Bertz CT molecular complexity index is 302. The smallest absolute Gasteiger partial charge is 0.407 e. The minimum Gasteiger partial charge on any atom is -0.444 e. The van der Waals surface area contributed by atoms with E-state index in [0.29, 0.717) is 13.0 Å². The summed E-state index contributed by atoms with van der Waals surface area (Å²) < 4.78 is 5.12. The van der Waals surface area contributed by atoms with Crippen molar-refractivity contribution in [1.82, 2.24) is 5.32 Å². The van der Waals surface area contributed by atoms with E-state index in [-0.39, 0.29) is 17.1 Å². The molecule has 0 bridgehead atoms. The summed E-state index contributed by atoms with van der Waals surface area (Å²) in [5, 5.41) is 2.70. The molecular weight excluding hydrogens is 206 g/mol. The lowest BCUT2D eigenvalue weighted by Gasteiger charge is -2.42. The van der Waals surface area contributed by atoms with Crippen molar-refractivity contribution in [3.63, 3.8) is 0 Å². The van der Waals surface area contributed by atoms with Crippen LogP contribution in [0.5, 0.6) is 0 Å². The lowest BCUT2D eigenvalue weighted by atomic mass is 9.61. The molecule has 92 valence electrons. The van der Waals surface area contributed by atoms with Gasteiger partial charge in [-0.1, -0.05) is 13.8 Å². The number of carbonyl (C=O) groups is 2. The first-order valence-corrected chi connectivity index (χ1v) is 5.63. The van der Waals surface area contributed by atoms with Crippen molar-refractivity contribution in [2.24, 2.45) is 11.3 Å². The van der Waals surface area contributed by atoms with Crippen LogP contribution in [0.15, 0.2) is 0 Å². The van der Waals surface area contributed by atoms with E-state index in [1.54, 1.807) is 0 Å². The van der Waals surface area contributed by atoms with Crippen molar-refractivity contribution >= 4 is 11.9 Å². The number of ketones is 1. The number of ether oxygens (including phenoxy) is 1. The number of hydrogen-bond donors (Lipinski definition) is 1. The van der Waals surface area contributed by atoms with Crippen molar-refractivity contribution < 1.29 is 14.3 Å². The van der Waals surface area contributed by atoms with Crippen LogP contribution < -0.4 is 5.32 Å². The zero-order chi connectivity index (χ0) is 12.6. The third-order valence-corrected chi connectivity index (χ3v) is 3.06. The van der Waals surface area contributed by atoms with Crippen LogP contribution in [0.3, 0.4) is 0 Å². The van der Waals surface area contributed by atoms with Crippen LogP contribution in [-0.2, 0) is 9.53 Å². The summed E-state index contributed by atoms with van der Waals surface area (Å²) >= 11 is 0. The van der Waals surface area contributed by atoms with Crippen LogP contribution in [0.25, 0.3) is 0 Å². The quantitative estimate of drug-likeness (QED) is 0.786. The number of rotatable bonds is 2. The van der Waals surface area contributed by atoms with Crippen molar-refractivity contribution in [2.75, 3.05) is 6.54 Å². The number of nitrogens with one attached hydrogen (secondary N) is 1. The third kappa shape index (κ3) is 2.97. The molecule has 0 aliphatic heterocycles. The summed E-state index contributed by atoms with van der Waals surface area (Å²) in [4.78, 5) is 22.7. The van der Waals surface area contributed by atoms with E-state index >= 15 is 0 Å². The van der Waals surface area contributed by atoms with Crippen LogP contribution >= 0.6 is 0 Å². The molecule has 0 aromatic carbocycles. The van der Waals surface area contributed by atoms with Crippen molar-refractivity contribution in [3.05, 3.63) is 0 Å². The van der Waals surface area contributed by atoms with Gasteiger partial charge in [-0.3, -0.25) is 4.79 Å². The normalized spacial score (nSPS) is 23.6. The van der Waals surface area contributed by atoms with Crippen LogP contribution in [-0.4, -0.2) is 24.0 Å². The second kappa shape index (κ2) is 4.07. The fourth-order valence-electron chi connectivity index (χ4n) is 1.69. The van der Waals surface area contributed by atoms with Crippen molar-refractivity contribution in [3.8, 4) is 0 Å². The molecule has 16 heavy (non-hydrogen) atoms. The lowest BCUT2D eigenvalue weighted by Crippen LogP contribution is -2.51. The molecule has 0 saturated heterocycles. The summed E-state index contributed by atoms with van der Waals surface area (Å²) in [6.45, 7) is 9.81. The molecule has 1 unspecified atom stereocenters. The first kappa shape index (κ1) is 13.0. The molecule has 1 N–H and O–H groups in total. The monoisotopic (exact) mass is 227 g/mol. The molecule has 1 rings (SSSR count). The van der Waals surface area contributed by atoms with Gasteiger partial charge in [0.1, 0.15) is 11.4 Å². The summed E-state index contributed by atoms with van der Waals surface area (Å²) in [6.07, 6.45) is 0.144. The maximum atomic E-state index is 11.4. The van der Waals surface area contributed by atoms with Crippen LogP contribution in [0.4, 0.5) is 4.79 Å². The van der Waals surface area contributed by atoms with Crippen molar-refractivity contribution in [2.45, 2.75) is 46.6 Å². The standard InChI is InChI=1S/C12H21NO3/c1-11(2,3)16-10(15)13-7-8-6-9(14)12(8,4)5/h8H,6-7H2,1-5H3,(H,13,15). The molecule has 4 nitrogen and oxygen atoms in total. The first-order chi connectivity index (χ1) is 7.13. The molecule has 0 heterocycles. The Morgan fingerprint density at radius 2 is 2.06 bits per heavy atom. The second-order valence-corrected chi connectivity index (χ2v) is 5.93. The van der Waals surface area contributed by atoms with Gasteiger partial charge >= 0.3 is 6.09 Å². The molecule has 0 spiro atoms. The largest absolute Gasteiger partial charge is 0.444 e. The van der Waals surface area contributed by atoms with Gasteiger partial charge < -0.3 is 10.1 Å². The van der Waals surface area contributed by atoms with E-state index < -0.39 is 11.7 Å². The molecule has 1 amide bonds. The van der Waals surface area contributed by atoms with Crippen LogP contribution in [0.1, 0.15) is 41.0 Å². The van der Waals surface area contributed by atoms with Crippen molar-refractivity contribution in [1.29, 1.82) is 0 Å². The van der Waals surface area contributed by atoms with Gasteiger partial charge in [-0.2, -0.15) is 0 Å². The lowest BCUT2D eigenvalue weighted by molar-refractivity contribution is -0.142. The molecule has 1 aliphatic rings. The molecular formula is C12H21NO3. The van der Waals surface area contributed by atoms with Gasteiger partial charge in [-0.25, -0.2) is 4.79 Å². The Morgan fingerprint density at radius 3 is 2.44 bits per heavy atom. The Hall–Kier alpha value is -1.06. The predicted octanol–water partition coefficient (Wildman–Crippen LogP) is 2.13. The zero-order valence-electron chi connectivity index (χ0n) is 10.7. The summed E-state index contributed by atoms with van der Waals surface area (Å²) in [7, 11) is 0. The number of alkyl carbamates (subject to hydrolysis) is 1. The van der Waals surface area contributed by atoms with E-state index in [2.05, 4.69) is 5.32 Å². The number of amides is 1. The van der Waals surface area contributed by atoms with Gasteiger partial charge in [0.15, 0.2) is 0 Å². The summed E-state index contributed by atoms with van der Waals surface area (Å²) in [5.41, 5.74) is -0.774. The Labute approximate surface area is 96.7 Å². The minimum absolute atomic E-state index is 0.229. The molecule has 1 saturated carbocycles. The SMILES string of the molecule is CC(C)(C)OC(=O)NCC1CC(=O)C1(C)C. The average molecular weight is 227 g/mol. The highest BCUT2D eigenvalue weighted by Gasteiger charge is 2.46. The van der Waals surface area contributed by atoms with E-state index in [9.17, 15) is 9.59 Å². The van der Waals surface area contributed by atoms with Gasteiger partial charge in [-0.15, -0.1) is 0 Å². The fourth-order valence-corrected chi connectivity index (χ4v) is 1.69. The van der Waals surface area contributed by atoms with E-state index in [0.717, 1.165) is 0 Å². The molecule has 0 aromatic heterocycles. The molecule has 0 radical (unpaired) electrons. The maximum absolute atomic E-state index is 11.4. The summed E-state index contributed by atoms with van der Waals surface area (Å²) in [6, 6.07) is 0. The Kier molecular flexibility index (Phi) is 3.31. The predicted molar refractivity (Wildman–Crippen MR) is 61.1 cm³/mol. The topological polar surface area (TPSA) is 55.4 Å². The summed E-state index contributed by atoms with van der Waals surface area (Å²) in [5.74, 6) is 0.496. The molecule has 4 heteroatoms. The van der Waals surface area contributed by atoms with Crippen LogP contribution in [0.2, 0.25) is 0 Å². The molecule has 1 fully saturated rings. The highest BCUT2D eigenvalue weighted by atomic mass is 16.6. The van der Waals surface area contributed by atoms with Gasteiger partial charge in [0.05, 0.1) is 0 Å². The van der Waals surface area contributed by atoms with E-state index in [1.165, 1.54) is 0 Å². The first-order valence-electron chi connectivity index (χ1n) is 5.63. The fraction of sp³-hybridized carbons (Fsp3) is 0.833. The minimum atomic E-state index is -0.477. The molecule has 0 aromatic rings. The van der Waals surface area contributed by atoms with Gasteiger partial charge in [0.25, 0.3) is 0 Å². The second-order valence-electron chi connectivity index (χ2n) is 5.93. The highest BCUT2D eigenvalue weighted by molar-refractivity contribution is 5.90. The van der Waals surface area contributed by atoms with Gasteiger partial charge in [-0.05, 0) is 26.7 Å². The molecule has 1 aliphatic carbocycles. The maximum Gasteiger partial charge on any atom is 0.407 e. The third-order valence-electron chi connectivity index (χ3n) is 3.06. The van der Waals surface area contributed by atoms with E-state index in [1.807, 2.05) is 34.6 Å². The van der Waals surface area contributed by atoms with Gasteiger partial charge in [0, 0.05) is 18.4 Å². The van der Waals surface area contributed by atoms with E-state index in [4.69, 9.17) is 4.74 Å². The number of hydrogen-bond acceptors (Lipinski definition) is 3. The zero-order valence-corrected chi connectivity index (χ0v) is 10.7. The average Bonchev–Trinajstić information content (AvgIpc) is 2.09. The van der Waals surface area contributed by atoms with Crippen LogP contribution in [0, 0.1) is 11.3 Å².